The summed E-state index contributed by atoms with van der Waals surface area (Å²) in [6.45, 7) is 2.16. The van der Waals surface area contributed by atoms with Gasteiger partial charge in [0, 0.05) is 12.0 Å². The Labute approximate surface area is 137 Å². The Bertz CT molecular complexity index is 1010. The number of rotatable bonds is 4. The first kappa shape index (κ1) is 15.0. The molecule has 3 aromatic rings. The molecule has 2 N–H and O–H groups in total. The first-order chi connectivity index (χ1) is 11.4. The third kappa shape index (κ3) is 2.69. The van der Waals surface area contributed by atoms with Gasteiger partial charge in [-0.05, 0) is 30.5 Å². The smallest absolute Gasteiger partial charge is 0.255 e. The summed E-state index contributed by atoms with van der Waals surface area (Å²) >= 11 is 0. The van der Waals surface area contributed by atoms with E-state index in [1.807, 2.05) is 0 Å². The second-order valence-electron chi connectivity index (χ2n) is 5.80. The Hall–Kier alpha value is -2.59. The largest absolute Gasteiger partial charge is 0.436 e. The van der Waals surface area contributed by atoms with Crippen LogP contribution in [0.3, 0.4) is 0 Å². The number of aromatic nitrogens is 5. The standard InChI is InChI=1S/C14H14N6O3S/c1-8-6-10(8)14-18-17-11-3-4-12(19-20(11)14)23-9-2-5-13(16-7-9)24(15,21)22/h2-5,7-8,10H,6H2,1H3,(H2,15,21,22). The summed E-state index contributed by atoms with van der Waals surface area (Å²) in [4.78, 5) is 3.77. The van der Waals surface area contributed by atoms with Crippen molar-refractivity contribution in [3.05, 3.63) is 36.3 Å². The van der Waals surface area contributed by atoms with Crippen LogP contribution in [-0.2, 0) is 10.0 Å². The lowest BCUT2D eigenvalue weighted by molar-refractivity contribution is 0.448. The van der Waals surface area contributed by atoms with Crippen molar-refractivity contribution in [2.24, 2.45) is 11.1 Å². The molecule has 2 unspecified atom stereocenters. The van der Waals surface area contributed by atoms with Gasteiger partial charge in [-0.25, -0.2) is 18.5 Å². The highest BCUT2D eigenvalue weighted by molar-refractivity contribution is 7.89. The van der Waals surface area contributed by atoms with Gasteiger partial charge < -0.3 is 4.74 Å². The maximum atomic E-state index is 11.2. The topological polar surface area (TPSA) is 125 Å². The zero-order valence-electron chi connectivity index (χ0n) is 12.7. The molecule has 1 fully saturated rings. The zero-order valence-corrected chi connectivity index (χ0v) is 13.5. The fourth-order valence-electron chi connectivity index (χ4n) is 2.47. The van der Waals surface area contributed by atoms with E-state index in [1.54, 1.807) is 16.6 Å². The van der Waals surface area contributed by atoms with E-state index in [0.717, 1.165) is 12.2 Å². The maximum Gasteiger partial charge on any atom is 0.255 e. The molecular weight excluding hydrogens is 332 g/mol. The van der Waals surface area contributed by atoms with Gasteiger partial charge in [-0.1, -0.05) is 6.92 Å². The number of primary sulfonamides is 1. The highest BCUT2D eigenvalue weighted by Gasteiger charge is 2.38. The minimum Gasteiger partial charge on any atom is -0.436 e. The van der Waals surface area contributed by atoms with Gasteiger partial charge in [0.15, 0.2) is 16.5 Å². The van der Waals surface area contributed by atoms with Gasteiger partial charge in [-0.2, -0.15) is 4.52 Å². The van der Waals surface area contributed by atoms with E-state index >= 15 is 0 Å². The number of pyridine rings is 1. The van der Waals surface area contributed by atoms with Crippen molar-refractivity contribution in [3.8, 4) is 11.6 Å². The van der Waals surface area contributed by atoms with E-state index in [2.05, 4.69) is 27.2 Å². The third-order valence-electron chi connectivity index (χ3n) is 3.93. The van der Waals surface area contributed by atoms with Gasteiger partial charge in [0.05, 0.1) is 6.20 Å². The molecule has 2 atom stereocenters. The molecule has 124 valence electrons. The molecule has 1 aliphatic rings. The molecule has 0 bridgehead atoms. The number of hydrogen-bond acceptors (Lipinski definition) is 7. The normalized spacial score (nSPS) is 20.2. The minimum atomic E-state index is -3.83. The molecule has 1 saturated carbocycles. The van der Waals surface area contributed by atoms with Gasteiger partial charge in [-0.3, -0.25) is 0 Å². The van der Waals surface area contributed by atoms with Gasteiger partial charge in [0.25, 0.3) is 10.0 Å². The van der Waals surface area contributed by atoms with Crippen LogP contribution in [0.25, 0.3) is 5.65 Å². The Balaban J connectivity index is 1.62. The molecule has 0 aromatic carbocycles. The van der Waals surface area contributed by atoms with E-state index in [-0.39, 0.29) is 5.03 Å². The molecule has 10 heteroatoms. The highest BCUT2D eigenvalue weighted by atomic mass is 32.2. The Kier molecular flexibility index (Phi) is 3.25. The van der Waals surface area contributed by atoms with Gasteiger partial charge in [-0.15, -0.1) is 15.3 Å². The summed E-state index contributed by atoms with van der Waals surface area (Å²) in [5.74, 6) is 2.47. The molecular formula is C14H14N6O3S. The van der Waals surface area contributed by atoms with Crippen molar-refractivity contribution < 1.29 is 13.2 Å². The molecule has 9 nitrogen and oxygen atoms in total. The van der Waals surface area contributed by atoms with E-state index in [1.165, 1.54) is 18.3 Å². The summed E-state index contributed by atoms with van der Waals surface area (Å²) in [5.41, 5.74) is 0.652. The summed E-state index contributed by atoms with van der Waals surface area (Å²) < 4.78 is 29.7. The van der Waals surface area contributed by atoms with Gasteiger partial charge in [0.1, 0.15) is 5.75 Å². The second-order valence-corrected chi connectivity index (χ2v) is 7.31. The van der Waals surface area contributed by atoms with Crippen molar-refractivity contribution in [2.45, 2.75) is 24.3 Å². The van der Waals surface area contributed by atoms with Crippen molar-refractivity contribution in [3.63, 3.8) is 0 Å². The number of nitrogens with zero attached hydrogens (tertiary/aromatic N) is 5. The van der Waals surface area contributed by atoms with Crippen LogP contribution >= 0.6 is 0 Å². The molecule has 0 amide bonds. The van der Waals surface area contributed by atoms with Crippen LogP contribution < -0.4 is 9.88 Å². The second kappa shape index (κ2) is 5.21. The lowest BCUT2D eigenvalue weighted by Gasteiger charge is -2.05. The van der Waals surface area contributed by atoms with E-state index < -0.39 is 10.0 Å². The number of ether oxygens (including phenoxy) is 1. The first-order valence-electron chi connectivity index (χ1n) is 7.31. The predicted octanol–water partition coefficient (Wildman–Crippen LogP) is 1.08. The van der Waals surface area contributed by atoms with Crippen LogP contribution in [0.1, 0.15) is 25.1 Å². The Morgan fingerprint density at radius 1 is 1.25 bits per heavy atom. The average Bonchev–Trinajstić information content (AvgIpc) is 3.11. The van der Waals surface area contributed by atoms with Crippen molar-refractivity contribution in [2.75, 3.05) is 0 Å². The quantitative estimate of drug-likeness (QED) is 0.749. The summed E-state index contributed by atoms with van der Waals surface area (Å²) in [6.07, 6.45) is 2.36. The number of hydrogen-bond donors (Lipinski definition) is 1. The van der Waals surface area contributed by atoms with Crippen molar-refractivity contribution in [1.29, 1.82) is 0 Å². The monoisotopic (exact) mass is 346 g/mol. The highest BCUT2D eigenvalue weighted by Crippen LogP contribution is 2.45. The lowest BCUT2D eigenvalue weighted by Crippen LogP contribution is -2.13. The molecule has 3 heterocycles. The van der Waals surface area contributed by atoms with E-state index in [4.69, 9.17) is 9.88 Å². The van der Waals surface area contributed by atoms with Crippen LogP contribution in [0, 0.1) is 5.92 Å². The fraction of sp³-hybridized carbons (Fsp3) is 0.286. The van der Waals surface area contributed by atoms with Crippen LogP contribution in [-0.4, -0.2) is 33.2 Å². The molecule has 24 heavy (non-hydrogen) atoms. The third-order valence-corrected chi connectivity index (χ3v) is 4.75. The molecule has 3 aromatic heterocycles. The van der Waals surface area contributed by atoms with Crippen LogP contribution in [0.15, 0.2) is 35.5 Å². The maximum absolute atomic E-state index is 11.2. The Morgan fingerprint density at radius 3 is 2.67 bits per heavy atom. The van der Waals surface area contributed by atoms with E-state index in [9.17, 15) is 8.42 Å². The molecule has 1 aliphatic carbocycles. The fourth-order valence-corrected chi connectivity index (χ4v) is 2.93. The van der Waals surface area contributed by atoms with Crippen molar-refractivity contribution in [1.82, 2.24) is 24.8 Å². The summed E-state index contributed by atoms with van der Waals surface area (Å²) in [5, 5.41) is 17.5. The SMILES string of the molecule is CC1CC1c1nnc2ccc(Oc3ccc(S(N)(=O)=O)nc3)nn12. The van der Waals surface area contributed by atoms with Crippen LogP contribution in [0.5, 0.6) is 11.6 Å². The number of fused-ring (bicyclic) bond motifs is 1. The molecule has 0 aliphatic heterocycles. The molecule has 4 rings (SSSR count). The Morgan fingerprint density at radius 2 is 2.04 bits per heavy atom. The summed E-state index contributed by atoms with van der Waals surface area (Å²) in [7, 11) is -3.83. The van der Waals surface area contributed by atoms with E-state index in [0.29, 0.717) is 29.1 Å². The summed E-state index contributed by atoms with van der Waals surface area (Å²) in [6, 6.07) is 6.17. The predicted molar refractivity (Wildman–Crippen MR) is 83.0 cm³/mol. The van der Waals surface area contributed by atoms with Gasteiger partial charge in [0.2, 0.25) is 5.88 Å². The van der Waals surface area contributed by atoms with Gasteiger partial charge >= 0.3 is 0 Å². The number of sulfonamides is 1. The number of nitrogens with two attached hydrogens (primary N) is 1. The van der Waals surface area contributed by atoms with Crippen molar-refractivity contribution >= 4 is 15.7 Å². The zero-order chi connectivity index (χ0) is 16.9. The first-order valence-corrected chi connectivity index (χ1v) is 8.85. The van der Waals surface area contributed by atoms with Crippen LogP contribution in [0.4, 0.5) is 0 Å². The average molecular weight is 346 g/mol. The molecule has 0 radical (unpaired) electrons. The molecule has 0 saturated heterocycles. The van der Waals surface area contributed by atoms with Crippen LogP contribution in [0.2, 0.25) is 0 Å². The molecule has 0 spiro atoms. The minimum absolute atomic E-state index is 0.220. The lowest BCUT2D eigenvalue weighted by atomic mass is 10.3.